The van der Waals surface area contributed by atoms with Gasteiger partial charge in [-0.05, 0) is 47.1 Å². The molecule has 0 unspecified atom stereocenters. The van der Waals surface area contributed by atoms with Crippen LogP contribution in [0.3, 0.4) is 0 Å². The van der Waals surface area contributed by atoms with Gasteiger partial charge in [-0.2, -0.15) is 0 Å². The molecule has 0 heterocycles. The first-order valence-electron chi connectivity index (χ1n) is 6.98. The van der Waals surface area contributed by atoms with Gasteiger partial charge in [0.05, 0.1) is 5.97 Å². The molecule has 0 spiro atoms. The first-order chi connectivity index (χ1) is 11.6. The van der Waals surface area contributed by atoms with Crippen LogP contribution in [0.15, 0.2) is 0 Å². The number of unbranched alkanes of at least 4 members (excludes halogenated alkanes) is 1. The number of hydrogen-bond donors (Lipinski definition) is 2. The van der Waals surface area contributed by atoms with E-state index in [2.05, 4.69) is 0 Å². The number of hydrogen-bond acceptors (Lipinski definition) is 12. The molecule has 0 aliphatic carbocycles. The van der Waals surface area contributed by atoms with Crippen molar-refractivity contribution >= 4 is 29.8 Å². The SMILES string of the molecule is CC(=O)[O-].CC(=O)[O-].CC(=O)[O-].CC(=O)[O-].NCCCC[C@H](N)C(=O)[O-].[Na+].[Na+].[Na+].[Na+].[Na+]. The van der Waals surface area contributed by atoms with Crippen molar-refractivity contribution < 1.29 is 197 Å². The minimum absolute atomic E-state index is 0. The van der Waals surface area contributed by atoms with Crippen molar-refractivity contribution in [3.05, 3.63) is 0 Å². The maximum atomic E-state index is 10.0. The van der Waals surface area contributed by atoms with Gasteiger partial charge in [0.2, 0.25) is 0 Å². The summed E-state index contributed by atoms with van der Waals surface area (Å²) in [4.78, 5) is 45.6. The standard InChI is InChI=1S/C6H14N2O2.4C2H4O2.5Na/c7-4-2-1-3-5(8)6(9)10;4*1-2(3)4;;;;;/h5H,1-4,7-8H2,(H,9,10);4*1H3,(H,3,4);;;;;/q;;;;;5*+1/p-5/t5-;;;;;;;;;/m0........./s1. The molecule has 31 heavy (non-hydrogen) atoms. The normalized spacial score (nSPS) is 7.42. The Bertz CT molecular complexity index is 355. The van der Waals surface area contributed by atoms with Crippen molar-refractivity contribution in [2.24, 2.45) is 11.5 Å². The van der Waals surface area contributed by atoms with Gasteiger partial charge in [0, 0.05) is 29.9 Å². The third-order valence-electron chi connectivity index (χ3n) is 1.27. The average Bonchev–Trinajstić information content (AvgIpc) is 2.35. The zero-order valence-electron chi connectivity index (χ0n) is 20.1. The fourth-order valence-electron chi connectivity index (χ4n) is 0.626. The van der Waals surface area contributed by atoms with Gasteiger partial charge in [-0.3, -0.25) is 0 Å². The van der Waals surface area contributed by atoms with Crippen LogP contribution in [0.4, 0.5) is 0 Å². The Morgan fingerprint density at radius 2 is 0.806 bits per heavy atom. The molecule has 0 rings (SSSR count). The molecule has 0 aliphatic heterocycles. The van der Waals surface area contributed by atoms with Gasteiger partial charge in [-0.1, -0.05) is 6.42 Å². The minimum Gasteiger partial charge on any atom is -0.550 e. The number of carboxylic acid groups (broad SMARTS) is 5. The second kappa shape index (κ2) is 53.6. The van der Waals surface area contributed by atoms with Crippen LogP contribution in [0.5, 0.6) is 0 Å². The second-order valence-electron chi connectivity index (χ2n) is 4.18. The van der Waals surface area contributed by atoms with E-state index < -0.39 is 35.9 Å². The fourth-order valence-corrected chi connectivity index (χ4v) is 0.626. The third kappa shape index (κ3) is 233. The van der Waals surface area contributed by atoms with Gasteiger partial charge in [0.15, 0.2) is 0 Å². The van der Waals surface area contributed by atoms with E-state index in [4.69, 9.17) is 51.1 Å². The van der Waals surface area contributed by atoms with Crippen LogP contribution in [-0.2, 0) is 24.0 Å². The number of nitrogens with two attached hydrogens (primary N) is 2. The van der Waals surface area contributed by atoms with E-state index in [1.165, 1.54) is 0 Å². The van der Waals surface area contributed by atoms with E-state index >= 15 is 0 Å². The van der Waals surface area contributed by atoms with Crippen LogP contribution in [0.1, 0.15) is 47.0 Å². The molecule has 1 atom stereocenters. The molecule has 0 aliphatic rings. The second-order valence-corrected chi connectivity index (χ2v) is 4.18. The van der Waals surface area contributed by atoms with Crippen molar-refractivity contribution in [3.63, 3.8) is 0 Å². The molecule has 0 saturated carbocycles. The van der Waals surface area contributed by atoms with E-state index in [0.29, 0.717) is 13.0 Å². The molecule has 0 aromatic carbocycles. The van der Waals surface area contributed by atoms with Crippen molar-refractivity contribution in [2.45, 2.75) is 53.0 Å². The van der Waals surface area contributed by atoms with Crippen LogP contribution in [-0.4, -0.2) is 42.4 Å². The maximum Gasteiger partial charge on any atom is 1.00 e. The van der Waals surface area contributed by atoms with Crippen LogP contribution in [0, 0.1) is 0 Å². The van der Waals surface area contributed by atoms with Crippen molar-refractivity contribution in [2.75, 3.05) is 6.54 Å². The van der Waals surface area contributed by atoms with Gasteiger partial charge >= 0.3 is 148 Å². The Labute approximate surface area is 293 Å². The Morgan fingerprint density at radius 1 is 0.613 bits per heavy atom. The first-order valence-corrected chi connectivity index (χ1v) is 6.98. The topological polar surface area (TPSA) is 253 Å². The van der Waals surface area contributed by atoms with Crippen LogP contribution in [0.2, 0.25) is 0 Å². The summed E-state index contributed by atoms with van der Waals surface area (Å²) < 4.78 is 0. The van der Waals surface area contributed by atoms with E-state index in [-0.39, 0.29) is 148 Å². The molecule has 12 nitrogen and oxygen atoms in total. The molecular formula is C14H25N2Na5O10. The van der Waals surface area contributed by atoms with Crippen molar-refractivity contribution in [3.8, 4) is 0 Å². The predicted molar refractivity (Wildman–Crippen MR) is 78.6 cm³/mol. The van der Waals surface area contributed by atoms with Gasteiger partial charge in [0.1, 0.15) is 0 Å². The zero-order valence-corrected chi connectivity index (χ0v) is 30.1. The maximum absolute atomic E-state index is 10.0. The molecule has 4 N–H and O–H groups in total. The molecule has 156 valence electrons. The minimum atomic E-state index is -1.18. The summed E-state index contributed by atoms with van der Waals surface area (Å²) in [5.74, 6) is -5.52. The summed E-state index contributed by atoms with van der Waals surface area (Å²) in [5, 5.41) is 45.6. The summed E-state index contributed by atoms with van der Waals surface area (Å²) in [6.07, 6.45) is 2.03. The molecule has 0 fully saturated rings. The van der Waals surface area contributed by atoms with E-state index in [0.717, 1.165) is 40.5 Å². The monoisotopic (exact) mass is 496 g/mol. The average molecular weight is 496 g/mol. The molecule has 0 saturated heterocycles. The smallest absolute Gasteiger partial charge is 0.550 e. The number of carboxylic acids is 5. The van der Waals surface area contributed by atoms with Gasteiger partial charge in [0.25, 0.3) is 0 Å². The largest absolute Gasteiger partial charge is 1.00 e. The fraction of sp³-hybridized carbons (Fsp3) is 0.643. The van der Waals surface area contributed by atoms with Gasteiger partial charge in [-0.25, -0.2) is 0 Å². The Kier molecular flexibility index (Phi) is 111. The van der Waals surface area contributed by atoms with Gasteiger partial charge in [-0.15, -0.1) is 0 Å². The Hall–Kier alpha value is 2.27. The Morgan fingerprint density at radius 3 is 0.935 bits per heavy atom. The summed E-state index contributed by atoms with van der Waals surface area (Å²) in [6, 6.07) is -0.827. The summed E-state index contributed by atoms with van der Waals surface area (Å²) >= 11 is 0. The molecule has 17 heteroatoms. The zero-order chi connectivity index (χ0) is 22.3. The van der Waals surface area contributed by atoms with Gasteiger partial charge < -0.3 is 61.0 Å². The molecule has 0 amide bonds. The van der Waals surface area contributed by atoms with Crippen LogP contribution in [0.25, 0.3) is 0 Å². The van der Waals surface area contributed by atoms with Crippen LogP contribution < -0.4 is 185 Å². The Balaban J connectivity index is -0.0000000229. The molecular weight excluding hydrogens is 471 g/mol. The van der Waals surface area contributed by atoms with Crippen molar-refractivity contribution in [1.29, 1.82) is 0 Å². The third-order valence-corrected chi connectivity index (χ3v) is 1.27. The van der Waals surface area contributed by atoms with Crippen LogP contribution >= 0.6 is 0 Å². The van der Waals surface area contributed by atoms with E-state index in [9.17, 15) is 9.90 Å². The molecule has 0 aromatic rings. The summed E-state index contributed by atoms with van der Waals surface area (Å²) in [5.41, 5.74) is 10.3. The number of rotatable bonds is 5. The molecule has 0 bridgehead atoms. The summed E-state index contributed by atoms with van der Waals surface area (Å²) in [6.45, 7) is 4.47. The van der Waals surface area contributed by atoms with E-state index in [1.807, 2.05) is 0 Å². The molecule has 0 aromatic heterocycles. The first kappa shape index (κ1) is 64.0. The predicted octanol–water partition coefficient (Wildman–Crippen LogP) is -21.8. The number of carbonyl (C=O) groups excluding carboxylic acids is 5. The number of carbonyl (C=O) groups is 5. The van der Waals surface area contributed by atoms with E-state index in [1.54, 1.807) is 0 Å². The number of aliphatic carboxylic acids is 5. The summed E-state index contributed by atoms with van der Waals surface area (Å²) in [7, 11) is 0. The quantitative estimate of drug-likeness (QED) is 0.266. The van der Waals surface area contributed by atoms with Crippen molar-refractivity contribution in [1.82, 2.24) is 0 Å². The molecule has 0 radical (unpaired) electrons.